The van der Waals surface area contributed by atoms with Crippen molar-refractivity contribution in [2.75, 3.05) is 23.8 Å². The number of nitriles is 1. The van der Waals surface area contributed by atoms with Gasteiger partial charge in [0.1, 0.15) is 11.9 Å². The number of carbonyl (C=O) groups is 1. The Bertz CT molecular complexity index is 679. The van der Waals surface area contributed by atoms with E-state index in [1.807, 2.05) is 6.07 Å². The highest BCUT2D eigenvalue weighted by molar-refractivity contribution is 6.33. The zero-order chi connectivity index (χ0) is 15.2. The number of para-hydroxylation sites is 1. The molecule has 0 aliphatic carbocycles. The largest absolute Gasteiger partial charge is 0.350 e. The van der Waals surface area contributed by atoms with Gasteiger partial charge in [-0.3, -0.25) is 4.79 Å². The average Bonchev–Trinajstić information content (AvgIpc) is 2.49. The molecule has 6 heteroatoms. The number of amides is 1. The van der Waals surface area contributed by atoms with Gasteiger partial charge in [0, 0.05) is 13.2 Å². The summed E-state index contributed by atoms with van der Waals surface area (Å²) in [7, 11) is 1.75. The van der Waals surface area contributed by atoms with Crippen LogP contribution in [0.1, 0.15) is 5.56 Å². The summed E-state index contributed by atoms with van der Waals surface area (Å²) in [6.07, 6.45) is 1.47. The van der Waals surface area contributed by atoms with Gasteiger partial charge in [-0.2, -0.15) is 5.26 Å². The summed E-state index contributed by atoms with van der Waals surface area (Å²) in [6.45, 7) is 0.129. The summed E-state index contributed by atoms with van der Waals surface area (Å²) in [5, 5.41) is 12.0. The Labute approximate surface area is 127 Å². The van der Waals surface area contributed by atoms with Crippen molar-refractivity contribution in [1.29, 1.82) is 5.26 Å². The first-order chi connectivity index (χ1) is 10.1. The van der Waals surface area contributed by atoms with E-state index < -0.39 is 0 Å². The van der Waals surface area contributed by atoms with Crippen molar-refractivity contribution in [3.63, 3.8) is 0 Å². The molecular formula is C15H13ClN4O. The van der Waals surface area contributed by atoms with Crippen LogP contribution in [0.25, 0.3) is 0 Å². The number of carbonyl (C=O) groups excluding carboxylic acids is 1. The van der Waals surface area contributed by atoms with E-state index in [0.717, 1.165) is 0 Å². The predicted octanol–water partition coefficient (Wildman–Crippen LogP) is 2.68. The van der Waals surface area contributed by atoms with Crippen LogP contribution in [0.5, 0.6) is 0 Å². The van der Waals surface area contributed by atoms with E-state index in [1.165, 1.54) is 6.20 Å². The molecule has 0 fully saturated rings. The second kappa shape index (κ2) is 6.73. The van der Waals surface area contributed by atoms with Gasteiger partial charge in [0.05, 0.1) is 22.8 Å². The number of rotatable bonds is 4. The lowest BCUT2D eigenvalue weighted by Gasteiger charge is -2.17. The summed E-state index contributed by atoms with van der Waals surface area (Å²) in [5.41, 5.74) is 1.05. The maximum Gasteiger partial charge on any atom is 0.243 e. The molecule has 1 N–H and O–H groups in total. The lowest BCUT2D eigenvalue weighted by atomic mass is 10.3. The quantitative estimate of drug-likeness (QED) is 0.942. The zero-order valence-electron chi connectivity index (χ0n) is 11.4. The van der Waals surface area contributed by atoms with E-state index >= 15 is 0 Å². The number of hydrogen-bond acceptors (Lipinski definition) is 4. The number of aromatic nitrogens is 1. The fourth-order valence-corrected chi connectivity index (χ4v) is 1.91. The maximum absolute atomic E-state index is 12.0. The maximum atomic E-state index is 12.0. The van der Waals surface area contributed by atoms with Crippen molar-refractivity contribution < 1.29 is 4.79 Å². The van der Waals surface area contributed by atoms with E-state index in [1.54, 1.807) is 48.3 Å². The zero-order valence-corrected chi connectivity index (χ0v) is 12.1. The molecule has 0 atom stereocenters. The molecule has 0 radical (unpaired) electrons. The predicted molar refractivity (Wildman–Crippen MR) is 82.3 cm³/mol. The first-order valence-corrected chi connectivity index (χ1v) is 6.59. The molecule has 0 spiro atoms. The van der Waals surface area contributed by atoms with Gasteiger partial charge in [0.15, 0.2) is 0 Å². The number of hydrogen-bond donors (Lipinski definition) is 1. The van der Waals surface area contributed by atoms with Crippen LogP contribution >= 0.6 is 11.6 Å². The van der Waals surface area contributed by atoms with Gasteiger partial charge in [0.2, 0.25) is 5.91 Å². The summed E-state index contributed by atoms with van der Waals surface area (Å²) < 4.78 is 0. The SMILES string of the molecule is CN(CC(=O)Nc1ccccc1Cl)c1ccc(C#N)cn1. The lowest BCUT2D eigenvalue weighted by Crippen LogP contribution is -2.30. The summed E-state index contributed by atoms with van der Waals surface area (Å²) in [6, 6.07) is 12.4. The number of nitrogens with one attached hydrogen (secondary N) is 1. The molecule has 21 heavy (non-hydrogen) atoms. The monoisotopic (exact) mass is 300 g/mol. The molecule has 2 rings (SSSR count). The molecule has 5 nitrogen and oxygen atoms in total. The number of benzene rings is 1. The fourth-order valence-electron chi connectivity index (χ4n) is 1.73. The molecule has 1 heterocycles. The number of nitrogens with zero attached hydrogens (tertiary/aromatic N) is 3. The molecule has 0 saturated heterocycles. The molecule has 1 amide bonds. The minimum atomic E-state index is -0.197. The van der Waals surface area contributed by atoms with E-state index in [-0.39, 0.29) is 12.5 Å². The van der Waals surface area contributed by atoms with Gasteiger partial charge in [-0.15, -0.1) is 0 Å². The van der Waals surface area contributed by atoms with Crippen LogP contribution in [0.2, 0.25) is 5.02 Å². The smallest absolute Gasteiger partial charge is 0.243 e. The molecule has 0 unspecified atom stereocenters. The first kappa shape index (κ1) is 14.8. The van der Waals surface area contributed by atoms with E-state index in [9.17, 15) is 4.79 Å². The molecule has 0 saturated carbocycles. The van der Waals surface area contributed by atoms with E-state index in [4.69, 9.17) is 16.9 Å². The first-order valence-electron chi connectivity index (χ1n) is 6.22. The Hall–Kier alpha value is -2.58. The molecule has 1 aromatic carbocycles. The fraction of sp³-hybridized carbons (Fsp3) is 0.133. The second-order valence-electron chi connectivity index (χ2n) is 4.40. The van der Waals surface area contributed by atoms with Crippen LogP contribution in [0.3, 0.4) is 0 Å². The van der Waals surface area contributed by atoms with Crippen molar-refractivity contribution in [3.8, 4) is 6.07 Å². The van der Waals surface area contributed by atoms with Crippen LogP contribution in [-0.2, 0) is 4.79 Å². The summed E-state index contributed by atoms with van der Waals surface area (Å²) >= 11 is 5.98. The molecule has 106 valence electrons. The molecule has 0 bridgehead atoms. The van der Waals surface area contributed by atoms with Crippen molar-refractivity contribution in [2.24, 2.45) is 0 Å². The number of pyridine rings is 1. The third-order valence-corrected chi connectivity index (χ3v) is 3.13. The normalized spacial score (nSPS) is 9.76. The molecule has 0 aliphatic rings. The van der Waals surface area contributed by atoms with Gasteiger partial charge in [0.25, 0.3) is 0 Å². The van der Waals surface area contributed by atoms with Crippen LogP contribution in [0, 0.1) is 11.3 Å². The average molecular weight is 301 g/mol. The van der Waals surface area contributed by atoms with E-state index in [0.29, 0.717) is 22.1 Å². The van der Waals surface area contributed by atoms with Crippen LogP contribution in [0.15, 0.2) is 42.6 Å². The van der Waals surface area contributed by atoms with Gasteiger partial charge < -0.3 is 10.2 Å². The van der Waals surface area contributed by atoms with Gasteiger partial charge in [-0.05, 0) is 24.3 Å². The Morgan fingerprint density at radius 3 is 2.76 bits per heavy atom. The number of halogens is 1. The molecule has 2 aromatic rings. The standard InChI is InChI=1S/C15H13ClN4O/c1-20(14-7-6-11(8-17)9-18-14)10-15(21)19-13-5-3-2-4-12(13)16/h2-7,9H,10H2,1H3,(H,19,21). The van der Waals surface area contributed by atoms with Gasteiger partial charge in [-0.1, -0.05) is 23.7 Å². The Balaban J connectivity index is 1.99. The molecule has 0 aliphatic heterocycles. The highest BCUT2D eigenvalue weighted by Crippen LogP contribution is 2.20. The highest BCUT2D eigenvalue weighted by Gasteiger charge is 2.10. The third-order valence-electron chi connectivity index (χ3n) is 2.80. The second-order valence-corrected chi connectivity index (χ2v) is 4.81. The lowest BCUT2D eigenvalue weighted by molar-refractivity contribution is -0.114. The minimum Gasteiger partial charge on any atom is -0.350 e. The van der Waals surface area contributed by atoms with E-state index in [2.05, 4.69) is 10.3 Å². The number of likely N-dealkylation sites (N-methyl/N-ethyl adjacent to an activating group) is 1. The molecule has 1 aromatic heterocycles. The third kappa shape index (κ3) is 3.94. The van der Waals surface area contributed by atoms with Crippen LogP contribution in [0.4, 0.5) is 11.5 Å². The van der Waals surface area contributed by atoms with Crippen LogP contribution in [-0.4, -0.2) is 24.5 Å². The van der Waals surface area contributed by atoms with Gasteiger partial charge in [-0.25, -0.2) is 4.98 Å². The Morgan fingerprint density at radius 2 is 2.14 bits per heavy atom. The van der Waals surface area contributed by atoms with Crippen molar-refractivity contribution in [1.82, 2.24) is 4.98 Å². The topological polar surface area (TPSA) is 69.0 Å². The van der Waals surface area contributed by atoms with Crippen molar-refractivity contribution >= 4 is 29.0 Å². The Kier molecular flexibility index (Phi) is 4.75. The summed E-state index contributed by atoms with van der Waals surface area (Å²) in [5.74, 6) is 0.417. The minimum absolute atomic E-state index is 0.129. The van der Waals surface area contributed by atoms with Gasteiger partial charge >= 0.3 is 0 Å². The van der Waals surface area contributed by atoms with Crippen molar-refractivity contribution in [2.45, 2.75) is 0 Å². The van der Waals surface area contributed by atoms with Crippen LogP contribution < -0.4 is 10.2 Å². The molecular weight excluding hydrogens is 288 g/mol. The summed E-state index contributed by atoms with van der Waals surface area (Å²) in [4.78, 5) is 17.8. The highest BCUT2D eigenvalue weighted by atomic mass is 35.5. The number of anilines is 2. The van der Waals surface area contributed by atoms with Crippen molar-refractivity contribution in [3.05, 3.63) is 53.2 Å². The Morgan fingerprint density at radius 1 is 1.38 bits per heavy atom.